The van der Waals surface area contributed by atoms with E-state index in [4.69, 9.17) is 19.5 Å². The highest BCUT2D eigenvalue weighted by molar-refractivity contribution is 6.19. The van der Waals surface area contributed by atoms with E-state index in [0.717, 1.165) is 22.6 Å². The largest absolute Gasteiger partial charge is 0.454 e. The summed E-state index contributed by atoms with van der Waals surface area (Å²) < 4.78 is 10.7. The second-order valence-corrected chi connectivity index (χ2v) is 7.10. The van der Waals surface area contributed by atoms with Gasteiger partial charge in [0.25, 0.3) is 5.91 Å². The molecular formula is C24H19N3O3. The van der Waals surface area contributed by atoms with Gasteiger partial charge in [-0.1, -0.05) is 42.5 Å². The van der Waals surface area contributed by atoms with Crippen molar-refractivity contribution in [1.29, 1.82) is 0 Å². The summed E-state index contributed by atoms with van der Waals surface area (Å²) in [4.78, 5) is 22.7. The SMILES string of the molecule is CC1=Nc2ccccc2N=C(NC(=O)c2ccc3c(c2)OCO3)[C@H]1c1ccccc1. The minimum atomic E-state index is -0.267. The Labute approximate surface area is 173 Å². The molecule has 0 radical (unpaired) electrons. The monoisotopic (exact) mass is 397 g/mol. The van der Waals surface area contributed by atoms with Crippen molar-refractivity contribution in [3.8, 4) is 11.5 Å². The Hall–Kier alpha value is -3.93. The Balaban J connectivity index is 1.55. The first kappa shape index (κ1) is 18.1. The Bertz CT molecular complexity index is 1190. The van der Waals surface area contributed by atoms with E-state index in [1.165, 1.54) is 0 Å². The molecule has 0 unspecified atom stereocenters. The third-order valence-corrected chi connectivity index (χ3v) is 5.12. The van der Waals surface area contributed by atoms with Crippen molar-refractivity contribution >= 4 is 28.8 Å². The molecule has 0 bridgehead atoms. The molecule has 0 saturated heterocycles. The van der Waals surface area contributed by atoms with Gasteiger partial charge < -0.3 is 14.8 Å². The molecule has 1 atom stereocenters. The van der Waals surface area contributed by atoms with Crippen LogP contribution in [0.5, 0.6) is 11.5 Å². The maximum absolute atomic E-state index is 13.1. The van der Waals surface area contributed by atoms with E-state index in [2.05, 4.69) is 5.32 Å². The number of benzene rings is 3. The number of carbonyl (C=O) groups is 1. The Morgan fingerprint density at radius 1 is 0.900 bits per heavy atom. The van der Waals surface area contributed by atoms with E-state index in [-0.39, 0.29) is 18.6 Å². The predicted molar refractivity (Wildman–Crippen MR) is 116 cm³/mol. The number of amides is 1. The van der Waals surface area contributed by atoms with Gasteiger partial charge >= 0.3 is 0 Å². The zero-order valence-corrected chi connectivity index (χ0v) is 16.3. The van der Waals surface area contributed by atoms with E-state index in [0.29, 0.717) is 22.9 Å². The summed E-state index contributed by atoms with van der Waals surface area (Å²) in [6, 6.07) is 22.7. The fourth-order valence-corrected chi connectivity index (χ4v) is 3.67. The number of para-hydroxylation sites is 2. The molecule has 2 aliphatic rings. The lowest BCUT2D eigenvalue weighted by molar-refractivity contribution is 0.0976. The van der Waals surface area contributed by atoms with Crippen LogP contribution in [0.25, 0.3) is 0 Å². The molecule has 148 valence electrons. The molecule has 1 amide bonds. The Kier molecular flexibility index (Phi) is 4.52. The number of nitrogens with zero attached hydrogens (tertiary/aromatic N) is 2. The van der Waals surface area contributed by atoms with Crippen LogP contribution in [-0.4, -0.2) is 24.2 Å². The van der Waals surface area contributed by atoms with Crippen molar-refractivity contribution in [2.45, 2.75) is 12.8 Å². The van der Waals surface area contributed by atoms with Crippen LogP contribution in [0.15, 0.2) is 82.8 Å². The van der Waals surface area contributed by atoms with Gasteiger partial charge in [-0.15, -0.1) is 0 Å². The van der Waals surface area contributed by atoms with E-state index in [9.17, 15) is 4.79 Å². The van der Waals surface area contributed by atoms with Gasteiger partial charge in [0, 0.05) is 11.3 Å². The van der Waals surface area contributed by atoms with E-state index < -0.39 is 0 Å². The first-order valence-corrected chi connectivity index (χ1v) is 9.68. The molecule has 1 N–H and O–H groups in total. The number of fused-ring (bicyclic) bond motifs is 2. The number of ether oxygens (including phenoxy) is 2. The van der Waals surface area contributed by atoms with Crippen LogP contribution in [0.2, 0.25) is 0 Å². The number of carbonyl (C=O) groups excluding carboxylic acids is 1. The molecule has 6 heteroatoms. The van der Waals surface area contributed by atoms with E-state index in [1.807, 2.05) is 61.5 Å². The lowest BCUT2D eigenvalue weighted by Gasteiger charge is -2.19. The van der Waals surface area contributed by atoms with Gasteiger partial charge in [-0.05, 0) is 42.8 Å². The van der Waals surface area contributed by atoms with Crippen molar-refractivity contribution < 1.29 is 14.3 Å². The molecule has 0 saturated carbocycles. The first-order chi connectivity index (χ1) is 14.7. The second kappa shape index (κ2) is 7.48. The molecule has 0 spiro atoms. The van der Waals surface area contributed by atoms with Gasteiger partial charge in [0.1, 0.15) is 5.84 Å². The van der Waals surface area contributed by atoms with Gasteiger partial charge in [-0.25, -0.2) is 4.99 Å². The number of hydrogen-bond acceptors (Lipinski definition) is 5. The van der Waals surface area contributed by atoms with Crippen LogP contribution < -0.4 is 14.8 Å². The van der Waals surface area contributed by atoms with Crippen LogP contribution in [0.3, 0.4) is 0 Å². The molecule has 0 aromatic heterocycles. The van der Waals surface area contributed by atoms with Crippen molar-refractivity contribution in [1.82, 2.24) is 5.32 Å². The number of amidine groups is 1. The van der Waals surface area contributed by atoms with Gasteiger partial charge in [0.2, 0.25) is 6.79 Å². The van der Waals surface area contributed by atoms with Gasteiger partial charge in [-0.2, -0.15) is 0 Å². The number of aliphatic imine (C=N–C) groups is 2. The molecule has 2 heterocycles. The minimum absolute atomic E-state index is 0.162. The minimum Gasteiger partial charge on any atom is -0.454 e. The zero-order chi connectivity index (χ0) is 20.5. The van der Waals surface area contributed by atoms with Crippen LogP contribution in [0.4, 0.5) is 11.4 Å². The van der Waals surface area contributed by atoms with Crippen LogP contribution in [0.1, 0.15) is 28.8 Å². The predicted octanol–water partition coefficient (Wildman–Crippen LogP) is 4.77. The van der Waals surface area contributed by atoms with Crippen molar-refractivity contribution in [3.63, 3.8) is 0 Å². The normalized spacial score (nSPS) is 16.8. The smallest absolute Gasteiger partial charge is 0.256 e. The summed E-state index contributed by atoms with van der Waals surface area (Å²) in [5.74, 6) is 1.21. The quantitative estimate of drug-likeness (QED) is 0.677. The van der Waals surface area contributed by atoms with Crippen LogP contribution in [-0.2, 0) is 0 Å². The maximum atomic E-state index is 13.1. The number of hydrogen-bond donors (Lipinski definition) is 1. The van der Waals surface area contributed by atoms with Crippen molar-refractivity contribution in [2.24, 2.45) is 9.98 Å². The maximum Gasteiger partial charge on any atom is 0.256 e. The third kappa shape index (κ3) is 3.33. The highest BCUT2D eigenvalue weighted by atomic mass is 16.7. The summed E-state index contributed by atoms with van der Waals surface area (Å²) in [7, 11) is 0. The number of rotatable bonds is 2. The molecule has 30 heavy (non-hydrogen) atoms. The topological polar surface area (TPSA) is 72.3 Å². The third-order valence-electron chi connectivity index (χ3n) is 5.12. The first-order valence-electron chi connectivity index (χ1n) is 9.68. The fourth-order valence-electron chi connectivity index (χ4n) is 3.67. The van der Waals surface area contributed by atoms with Gasteiger partial charge in [0.15, 0.2) is 11.5 Å². The van der Waals surface area contributed by atoms with Crippen molar-refractivity contribution in [3.05, 3.63) is 83.9 Å². The lowest BCUT2D eigenvalue weighted by Crippen LogP contribution is -2.37. The molecule has 3 aromatic carbocycles. The summed E-state index contributed by atoms with van der Waals surface area (Å²) in [5, 5.41) is 3.02. The Morgan fingerprint density at radius 2 is 1.60 bits per heavy atom. The highest BCUT2D eigenvalue weighted by Gasteiger charge is 2.27. The molecule has 0 fully saturated rings. The lowest BCUT2D eigenvalue weighted by atomic mass is 9.93. The van der Waals surface area contributed by atoms with Crippen molar-refractivity contribution in [2.75, 3.05) is 6.79 Å². The fraction of sp³-hybridized carbons (Fsp3) is 0.125. The van der Waals surface area contributed by atoms with E-state index in [1.54, 1.807) is 18.2 Å². The van der Waals surface area contributed by atoms with Gasteiger partial charge in [0.05, 0.1) is 17.3 Å². The Morgan fingerprint density at radius 3 is 2.40 bits per heavy atom. The van der Waals surface area contributed by atoms with Gasteiger partial charge in [-0.3, -0.25) is 9.79 Å². The molecule has 6 nitrogen and oxygen atoms in total. The molecule has 2 aliphatic heterocycles. The summed E-state index contributed by atoms with van der Waals surface area (Å²) in [6.45, 7) is 2.12. The van der Waals surface area contributed by atoms with Crippen LogP contribution >= 0.6 is 0 Å². The standard InChI is InChI=1S/C24H19N3O3/c1-15-22(16-7-3-2-4-8-16)23(26-19-10-6-5-9-18(19)25-15)27-24(28)17-11-12-20-21(13-17)30-14-29-20/h2-13,22H,14H2,1H3,(H,26,27,28)/t22-/m1/s1. The average molecular weight is 397 g/mol. The summed E-state index contributed by atoms with van der Waals surface area (Å²) in [6.07, 6.45) is 0. The van der Waals surface area contributed by atoms with Crippen LogP contribution in [0, 0.1) is 0 Å². The summed E-state index contributed by atoms with van der Waals surface area (Å²) >= 11 is 0. The highest BCUT2D eigenvalue weighted by Crippen LogP contribution is 2.35. The molecule has 0 aliphatic carbocycles. The second-order valence-electron chi connectivity index (χ2n) is 7.10. The molecular weight excluding hydrogens is 378 g/mol. The van der Waals surface area contributed by atoms with E-state index >= 15 is 0 Å². The molecule has 5 rings (SSSR count). The summed E-state index contributed by atoms with van der Waals surface area (Å²) in [5.41, 5.74) is 3.84. The molecule has 3 aromatic rings. The average Bonchev–Trinajstić information content (AvgIpc) is 3.18. The number of nitrogens with one attached hydrogen (secondary N) is 1. The zero-order valence-electron chi connectivity index (χ0n) is 16.3.